The van der Waals surface area contributed by atoms with E-state index in [0.717, 1.165) is 77.0 Å². The van der Waals surface area contributed by atoms with Gasteiger partial charge in [-0.15, -0.1) is 0 Å². The molecule has 0 aromatic rings. The van der Waals surface area contributed by atoms with E-state index >= 15 is 0 Å². The molecule has 0 bridgehead atoms. The molecule has 0 heterocycles. The fourth-order valence-corrected chi connectivity index (χ4v) is 12.7. The summed E-state index contributed by atoms with van der Waals surface area (Å²) in [4.78, 5) is 61.6. The Balaban J connectivity index is -0.000000232. The van der Waals surface area contributed by atoms with Crippen LogP contribution < -0.4 is 0 Å². The van der Waals surface area contributed by atoms with Crippen molar-refractivity contribution >= 4 is 35.8 Å². The molecule has 0 amide bonds. The van der Waals surface area contributed by atoms with Gasteiger partial charge < -0.3 is 66.0 Å². The predicted molar refractivity (Wildman–Crippen MR) is 470 cm³/mol. The van der Waals surface area contributed by atoms with Crippen molar-refractivity contribution in [1.82, 2.24) is 0 Å². The molecule has 0 saturated carbocycles. The number of hydrogen-bond donors (Lipinski definition) is 12. The van der Waals surface area contributed by atoms with E-state index in [9.17, 15) is 28.8 Å². The molecule has 0 atom stereocenters. The summed E-state index contributed by atoms with van der Waals surface area (Å²) < 4.78 is 5.15. The van der Waals surface area contributed by atoms with E-state index in [-0.39, 0.29) is 13.2 Å². The first-order chi connectivity index (χ1) is 54.7. The van der Waals surface area contributed by atoms with Crippen molar-refractivity contribution in [2.24, 2.45) is 10.8 Å². The smallest absolute Gasteiger partial charge is 0.303 e. The maximum atomic E-state index is 10.3. The average Bonchev–Trinajstić information content (AvgIpc) is 0.875. The van der Waals surface area contributed by atoms with Crippen molar-refractivity contribution in [2.45, 2.75) is 504 Å². The van der Waals surface area contributed by atoms with E-state index in [4.69, 9.17) is 66.0 Å². The summed E-state index contributed by atoms with van der Waals surface area (Å²) in [5.74, 6) is -3.94. The number of aliphatic hydroxyl groups is 6. The largest absolute Gasteiger partial charge is 0.481 e. The number of unbranched alkanes of at least 4 members (excludes halogenated alkanes) is 60. The maximum Gasteiger partial charge on any atom is 0.303 e. The molecule has 0 saturated heterocycles. The second-order valence-corrected chi connectivity index (χ2v) is 32.5. The molecule has 19 nitrogen and oxygen atoms in total. The van der Waals surface area contributed by atoms with E-state index in [1.54, 1.807) is 0 Å². The van der Waals surface area contributed by atoms with Crippen molar-refractivity contribution in [1.29, 1.82) is 0 Å². The molecule has 0 rings (SSSR count). The summed E-state index contributed by atoms with van der Waals surface area (Å²) in [5, 5.41) is 105. The van der Waals surface area contributed by atoms with E-state index in [0.29, 0.717) is 38.5 Å². The molecule has 19 heteroatoms. The second kappa shape index (κ2) is 109. The Labute approximate surface area is 694 Å². The number of aliphatic carboxylic acids is 6. The molecule has 0 aliphatic heterocycles. The summed E-state index contributed by atoms with van der Waals surface area (Å²) >= 11 is 0. The van der Waals surface area contributed by atoms with E-state index in [1.807, 2.05) is 0 Å². The van der Waals surface area contributed by atoms with Crippen LogP contribution in [0.4, 0.5) is 0 Å². The predicted octanol–water partition coefficient (Wildman–Crippen LogP) is 25.6. The van der Waals surface area contributed by atoms with Gasteiger partial charge in [0.1, 0.15) is 0 Å². The van der Waals surface area contributed by atoms with Gasteiger partial charge in [0, 0.05) is 38.5 Å². The zero-order valence-corrected chi connectivity index (χ0v) is 74.8. The van der Waals surface area contributed by atoms with Crippen LogP contribution >= 0.6 is 0 Å². The van der Waals surface area contributed by atoms with Crippen molar-refractivity contribution in [3.8, 4) is 0 Å². The fraction of sp³-hybridized carbons (Fsp3) is 0.936. The van der Waals surface area contributed by atoms with Crippen molar-refractivity contribution in [2.75, 3.05) is 52.9 Å². The van der Waals surface area contributed by atoms with Gasteiger partial charge in [0.25, 0.3) is 0 Å². The Bertz CT molecular complexity index is 1530. The third-order valence-electron chi connectivity index (χ3n) is 20.8. The highest BCUT2D eigenvalue weighted by Crippen LogP contribution is 2.22. The molecule has 0 aromatic heterocycles. The van der Waals surface area contributed by atoms with Crippen LogP contribution in [0.5, 0.6) is 0 Å². The summed E-state index contributed by atoms with van der Waals surface area (Å²) in [6.07, 6.45) is 86.2. The maximum absolute atomic E-state index is 10.3. The molecule has 680 valence electrons. The highest BCUT2D eigenvalue weighted by molar-refractivity contribution is 5.68. The lowest BCUT2D eigenvalue weighted by atomic mass is 9.91. The van der Waals surface area contributed by atoms with Crippen LogP contribution in [0.2, 0.25) is 0 Å². The summed E-state index contributed by atoms with van der Waals surface area (Å²) in [5.41, 5.74) is -2.32. The molecule has 0 aromatic carbocycles. The SMILES string of the molecule is CCCCCCCCCCCCCC(=O)O.CCCCCCCCCCCCCC(=O)O.CCCCCCCCCCCCCC(=O)O.CCCCCCCCCCCCCC(=O)O.CCCCCCCCCCCCCC(=O)O.CCCCCCCCCCCCCC(=O)O.OCC(CO)(CO)COCC(CO)(CO)CO. The molecule has 0 aliphatic rings. The molecule has 12 N–H and O–H groups in total. The lowest BCUT2D eigenvalue weighted by Gasteiger charge is -2.31. The highest BCUT2D eigenvalue weighted by Gasteiger charge is 2.33. The van der Waals surface area contributed by atoms with Crippen LogP contribution in [0.3, 0.4) is 0 Å². The van der Waals surface area contributed by atoms with Crippen LogP contribution in [0.1, 0.15) is 504 Å². The average molecular weight is 1620 g/mol. The van der Waals surface area contributed by atoms with Crippen molar-refractivity contribution in [3.05, 3.63) is 0 Å². The Morgan fingerprint density at radius 1 is 0.168 bits per heavy atom. The number of hydrogen-bond acceptors (Lipinski definition) is 13. The van der Waals surface area contributed by atoms with E-state index < -0.39 is 86.3 Å². The number of carboxylic acid groups (broad SMARTS) is 6. The van der Waals surface area contributed by atoms with Crippen LogP contribution in [0.15, 0.2) is 0 Å². The topological polar surface area (TPSA) is 354 Å². The van der Waals surface area contributed by atoms with Gasteiger partial charge >= 0.3 is 35.8 Å². The highest BCUT2D eigenvalue weighted by atomic mass is 16.5. The lowest BCUT2D eigenvalue weighted by Crippen LogP contribution is -2.43. The van der Waals surface area contributed by atoms with Crippen LogP contribution in [0, 0.1) is 10.8 Å². The van der Waals surface area contributed by atoms with E-state index in [1.165, 1.54) is 347 Å². The lowest BCUT2D eigenvalue weighted by molar-refractivity contribution is -0.138. The first kappa shape index (κ1) is 123. The van der Waals surface area contributed by atoms with Crippen molar-refractivity contribution < 1.29 is 94.8 Å². The number of ether oxygens (including phenoxy) is 1. The third-order valence-corrected chi connectivity index (χ3v) is 20.8. The van der Waals surface area contributed by atoms with Gasteiger partial charge in [-0.1, -0.05) is 427 Å². The summed E-state index contributed by atoms with van der Waals surface area (Å²) in [6.45, 7) is 10.5. The van der Waals surface area contributed by atoms with Gasteiger partial charge in [-0.25, -0.2) is 0 Å². The minimum Gasteiger partial charge on any atom is -0.481 e. The Morgan fingerprint density at radius 2 is 0.257 bits per heavy atom. The first-order valence-corrected chi connectivity index (χ1v) is 47.2. The second-order valence-electron chi connectivity index (χ2n) is 32.5. The number of carboxylic acids is 6. The van der Waals surface area contributed by atoms with Crippen LogP contribution in [0.25, 0.3) is 0 Å². The van der Waals surface area contributed by atoms with Gasteiger partial charge in [-0.05, 0) is 38.5 Å². The Hall–Kier alpha value is -3.46. The molecular formula is C94H190O19. The van der Waals surface area contributed by atoms with Gasteiger partial charge in [-0.2, -0.15) is 0 Å². The van der Waals surface area contributed by atoms with Crippen LogP contribution in [-0.2, 0) is 33.5 Å². The molecule has 0 unspecified atom stereocenters. The minimum absolute atomic E-state index is 0.141. The molecule has 113 heavy (non-hydrogen) atoms. The summed E-state index contributed by atoms with van der Waals surface area (Å²) in [6, 6.07) is 0. The minimum atomic E-state index is -1.16. The number of aliphatic hydroxyl groups excluding tert-OH is 6. The Kier molecular flexibility index (Phi) is 118. The fourth-order valence-electron chi connectivity index (χ4n) is 12.7. The summed E-state index contributed by atoms with van der Waals surface area (Å²) in [7, 11) is 0. The number of rotatable bonds is 82. The standard InChI is InChI=1S/6C14H28O2.C10H22O7/c6*1-2-3-4-5-6-7-8-9-10-11-12-13-14(15)16;11-1-9(2-12,3-13)7-17-8-10(4-14,5-15)6-16/h6*2-13H2,1H3,(H,15,16);11-16H,1-8H2. The molecule has 0 fully saturated rings. The molecule has 0 spiro atoms. The van der Waals surface area contributed by atoms with Gasteiger partial charge in [-0.3, -0.25) is 28.8 Å². The Morgan fingerprint density at radius 3 is 0.336 bits per heavy atom. The quantitative estimate of drug-likeness (QED) is 0.0252. The zero-order chi connectivity index (χ0) is 85.7. The third kappa shape index (κ3) is 122. The van der Waals surface area contributed by atoms with Crippen LogP contribution in [-0.4, -0.2) is 150 Å². The van der Waals surface area contributed by atoms with Crippen molar-refractivity contribution in [3.63, 3.8) is 0 Å². The van der Waals surface area contributed by atoms with Gasteiger partial charge in [0.2, 0.25) is 0 Å². The van der Waals surface area contributed by atoms with Gasteiger partial charge in [0.05, 0.1) is 63.7 Å². The van der Waals surface area contributed by atoms with E-state index in [2.05, 4.69) is 41.5 Å². The zero-order valence-electron chi connectivity index (χ0n) is 74.8. The molecule has 0 aliphatic carbocycles. The molecular weight excluding hydrogens is 1430 g/mol. The van der Waals surface area contributed by atoms with Gasteiger partial charge in [0.15, 0.2) is 0 Å². The number of carbonyl (C=O) groups is 6. The monoisotopic (exact) mass is 1620 g/mol. The normalized spacial score (nSPS) is 10.9. The first-order valence-electron chi connectivity index (χ1n) is 47.2. The molecule has 0 radical (unpaired) electrons.